The normalized spacial score (nSPS) is 26.7. The van der Waals surface area contributed by atoms with Gasteiger partial charge in [-0.25, -0.2) is 4.52 Å². The molecule has 0 spiro atoms. The molecule has 4 atom stereocenters. The molecule has 2 aromatic heterocycles. The van der Waals surface area contributed by atoms with Crippen LogP contribution in [0.5, 0.6) is 0 Å². The number of anilines is 1. The van der Waals surface area contributed by atoms with Crippen LogP contribution >= 0.6 is 15.9 Å². The van der Waals surface area contributed by atoms with Gasteiger partial charge in [0.2, 0.25) is 0 Å². The van der Waals surface area contributed by atoms with E-state index in [1.165, 1.54) is 20.0 Å². The minimum Gasteiger partial charge on any atom is -0.381 e. The number of aliphatic hydroxyl groups is 1. The van der Waals surface area contributed by atoms with Crippen LogP contribution in [-0.2, 0) is 4.79 Å². The van der Waals surface area contributed by atoms with Crippen LogP contribution in [0, 0.1) is 17.8 Å². The van der Waals surface area contributed by atoms with Crippen LogP contribution in [0.2, 0.25) is 0 Å². The lowest BCUT2D eigenvalue weighted by molar-refractivity contribution is -0.147. The van der Waals surface area contributed by atoms with Crippen LogP contribution in [0.3, 0.4) is 0 Å². The molecule has 0 unspecified atom stereocenters. The molecule has 8 nitrogen and oxygen atoms in total. The topological polar surface area (TPSA) is 113 Å². The predicted molar refractivity (Wildman–Crippen MR) is 112 cm³/mol. The Bertz CT molecular complexity index is 982. The van der Waals surface area contributed by atoms with Gasteiger partial charge >= 0.3 is 0 Å². The summed E-state index contributed by atoms with van der Waals surface area (Å²) in [4.78, 5) is 26.2. The van der Waals surface area contributed by atoms with E-state index in [1.54, 1.807) is 9.42 Å². The summed E-state index contributed by atoms with van der Waals surface area (Å²) in [7, 11) is 0. The van der Waals surface area contributed by atoms with Gasteiger partial charge in [0.05, 0.1) is 23.0 Å². The van der Waals surface area contributed by atoms with E-state index in [1.807, 2.05) is 12.3 Å². The van der Waals surface area contributed by atoms with Crippen LogP contribution in [0.4, 0.5) is 5.69 Å². The number of nitrogens with zero attached hydrogens (tertiary/aromatic N) is 3. The molecule has 1 saturated heterocycles. The molecule has 0 bridgehead atoms. The molecule has 3 heterocycles. The van der Waals surface area contributed by atoms with Crippen molar-refractivity contribution in [2.24, 2.45) is 23.5 Å². The number of halogens is 1. The number of aromatic nitrogens is 2. The highest BCUT2D eigenvalue weighted by atomic mass is 79.9. The molecular weight excluding hydrogens is 438 g/mol. The third kappa shape index (κ3) is 3.50. The standard InChI is InChI=1S/C20H26BrN5O3/c1-10-14-9-25(19(28)20(2,3)29)7-11(14)4-15(10)24-17-13(18(22)27)6-23-26-8-12(21)5-16(17)26/h5-6,8,10-11,14-15,24,29H,4,7,9H2,1-3H3,(H2,22,27)/t10-,11-,14-,15-/m1/s1. The number of hydrogen-bond donors (Lipinski definition) is 3. The molecule has 1 aliphatic carbocycles. The summed E-state index contributed by atoms with van der Waals surface area (Å²) in [6.07, 6.45) is 4.21. The maximum absolute atomic E-state index is 12.4. The molecule has 2 fully saturated rings. The number of nitrogens with one attached hydrogen (secondary N) is 1. The van der Waals surface area contributed by atoms with E-state index in [-0.39, 0.29) is 11.9 Å². The molecule has 1 aliphatic heterocycles. The Hall–Kier alpha value is -2.13. The predicted octanol–water partition coefficient (Wildman–Crippen LogP) is 1.86. The number of fused-ring (bicyclic) bond motifs is 2. The second-order valence-corrected chi connectivity index (χ2v) is 9.74. The maximum Gasteiger partial charge on any atom is 0.253 e. The molecule has 1 saturated carbocycles. The first-order valence-corrected chi connectivity index (χ1v) is 10.6. The number of primary amides is 1. The molecule has 2 amide bonds. The first-order chi connectivity index (χ1) is 13.6. The highest BCUT2D eigenvalue weighted by molar-refractivity contribution is 9.10. The average Bonchev–Trinajstić information content (AvgIpc) is 3.28. The van der Waals surface area contributed by atoms with E-state index in [0.717, 1.165) is 16.4 Å². The van der Waals surface area contributed by atoms with Gasteiger partial charge in [0.25, 0.3) is 11.8 Å². The van der Waals surface area contributed by atoms with E-state index in [0.29, 0.717) is 42.1 Å². The summed E-state index contributed by atoms with van der Waals surface area (Å²) >= 11 is 3.46. The molecule has 4 rings (SSSR count). The first kappa shape index (κ1) is 20.2. The largest absolute Gasteiger partial charge is 0.381 e. The second-order valence-electron chi connectivity index (χ2n) is 8.82. The lowest BCUT2D eigenvalue weighted by atomic mass is 9.93. The van der Waals surface area contributed by atoms with Crippen molar-refractivity contribution in [2.75, 3.05) is 18.4 Å². The number of rotatable bonds is 4. The summed E-state index contributed by atoms with van der Waals surface area (Å²) in [5, 5.41) is 17.9. The van der Waals surface area contributed by atoms with Gasteiger partial charge in [0, 0.05) is 29.8 Å². The van der Waals surface area contributed by atoms with Gasteiger partial charge in [-0.05, 0) is 60.0 Å². The highest BCUT2D eigenvalue weighted by Crippen LogP contribution is 2.44. The Morgan fingerprint density at radius 2 is 2.10 bits per heavy atom. The highest BCUT2D eigenvalue weighted by Gasteiger charge is 2.48. The van der Waals surface area contributed by atoms with Gasteiger partial charge in [-0.15, -0.1) is 0 Å². The number of amides is 2. The van der Waals surface area contributed by atoms with Crippen molar-refractivity contribution in [3.05, 3.63) is 28.5 Å². The summed E-state index contributed by atoms with van der Waals surface area (Å²) in [5.74, 6) is 0.280. The minimum absolute atomic E-state index is 0.155. The lowest BCUT2D eigenvalue weighted by Gasteiger charge is -2.28. The fourth-order valence-electron chi connectivity index (χ4n) is 4.87. The van der Waals surface area contributed by atoms with Crippen molar-refractivity contribution in [3.63, 3.8) is 0 Å². The Labute approximate surface area is 177 Å². The zero-order chi connectivity index (χ0) is 21.1. The van der Waals surface area contributed by atoms with Gasteiger partial charge in [-0.1, -0.05) is 6.92 Å². The SMILES string of the molecule is C[C@@H]1[C@H]2CN(C(=O)C(C)(C)O)C[C@H]2C[C@H]1Nc1c(C(N)=O)cnn2cc(Br)cc12. The van der Waals surface area contributed by atoms with Gasteiger partial charge in [-0.3, -0.25) is 9.59 Å². The third-order valence-electron chi connectivity index (χ3n) is 6.37. The van der Waals surface area contributed by atoms with Gasteiger partial charge in [0.15, 0.2) is 0 Å². The number of carbonyl (C=O) groups is 2. The fourth-order valence-corrected chi connectivity index (χ4v) is 5.28. The quantitative estimate of drug-likeness (QED) is 0.640. The summed E-state index contributed by atoms with van der Waals surface area (Å²) in [6, 6.07) is 2.06. The van der Waals surface area contributed by atoms with Gasteiger partial charge in [0.1, 0.15) is 5.60 Å². The number of carbonyl (C=O) groups excluding carboxylic acids is 2. The Morgan fingerprint density at radius 3 is 2.72 bits per heavy atom. The number of hydrogen-bond acceptors (Lipinski definition) is 5. The molecule has 156 valence electrons. The monoisotopic (exact) mass is 463 g/mol. The number of likely N-dealkylation sites (tertiary alicyclic amines) is 1. The van der Waals surface area contributed by atoms with E-state index in [4.69, 9.17) is 5.73 Å². The molecule has 0 aromatic carbocycles. The molecule has 2 aromatic rings. The lowest BCUT2D eigenvalue weighted by Crippen LogP contribution is -2.45. The van der Waals surface area contributed by atoms with Crippen molar-refractivity contribution in [1.29, 1.82) is 0 Å². The smallest absolute Gasteiger partial charge is 0.253 e. The fraction of sp³-hybridized carbons (Fsp3) is 0.550. The van der Waals surface area contributed by atoms with Crippen molar-refractivity contribution < 1.29 is 14.7 Å². The Morgan fingerprint density at radius 1 is 1.38 bits per heavy atom. The molecule has 0 radical (unpaired) electrons. The zero-order valence-electron chi connectivity index (χ0n) is 16.7. The second kappa shape index (κ2) is 6.98. The van der Waals surface area contributed by atoms with Crippen molar-refractivity contribution >= 4 is 38.9 Å². The summed E-state index contributed by atoms with van der Waals surface area (Å²) < 4.78 is 2.58. The van der Waals surface area contributed by atoms with Crippen LogP contribution in [-0.4, -0.2) is 56.2 Å². The average molecular weight is 464 g/mol. The Kier molecular flexibility index (Phi) is 4.85. The van der Waals surface area contributed by atoms with Crippen LogP contribution < -0.4 is 11.1 Å². The first-order valence-electron chi connectivity index (χ1n) is 9.81. The van der Waals surface area contributed by atoms with Crippen molar-refractivity contribution in [2.45, 2.75) is 38.8 Å². The zero-order valence-corrected chi connectivity index (χ0v) is 18.3. The summed E-state index contributed by atoms with van der Waals surface area (Å²) in [6.45, 7) is 6.55. The molecule has 4 N–H and O–H groups in total. The van der Waals surface area contributed by atoms with Crippen molar-refractivity contribution in [3.8, 4) is 0 Å². The molecule has 2 aliphatic rings. The van der Waals surface area contributed by atoms with Gasteiger partial charge < -0.3 is 21.1 Å². The Balaban J connectivity index is 1.57. The van der Waals surface area contributed by atoms with E-state index < -0.39 is 11.5 Å². The van der Waals surface area contributed by atoms with Crippen LogP contribution in [0.15, 0.2) is 22.9 Å². The van der Waals surface area contributed by atoms with Crippen LogP contribution in [0.25, 0.3) is 5.52 Å². The summed E-state index contributed by atoms with van der Waals surface area (Å²) in [5.41, 5.74) is 6.10. The number of nitrogens with two attached hydrogens (primary N) is 1. The molecular formula is C20H26BrN5O3. The van der Waals surface area contributed by atoms with E-state index in [2.05, 4.69) is 33.3 Å². The van der Waals surface area contributed by atoms with Crippen LogP contribution in [0.1, 0.15) is 37.6 Å². The minimum atomic E-state index is -1.35. The van der Waals surface area contributed by atoms with Gasteiger partial charge in [-0.2, -0.15) is 5.10 Å². The maximum atomic E-state index is 12.4. The third-order valence-corrected chi connectivity index (χ3v) is 6.80. The van der Waals surface area contributed by atoms with Crippen molar-refractivity contribution in [1.82, 2.24) is 14.5 Å². The van der Waals surface area contributed by atoms with E-state index in [9.17, 15) is 14.7 Å². The molecule has 29 heavy (non-hydrogen) atoms. The van der Waals surface area contributed by atoms with E-state index >= 15 is 0 Å². The molecule has 9 heteroatoms.